The standard InChI is InChI=1S/C23H23N5O3/c29-23(25-18-3-5-20-21(14-18)31-13-12-30-20)17-2-1-11-28(15-17)22-6-4-19(26-27-22)16-7-9-24-10-8-16/h3-10,14,17H,1-2,11-13,15H2,(H,25,29). The Morgan fingerprint density at radius 2 is 1.84 bits per heavy atom. The van der Waals surface area contributed by atoms with Crippen LogP contribution in [0.15, 0.2) is 54.9 Å². The Morgan fingerprint density at radius 1 is 1.00 bits per heavy atom. The summed E-state index contributed by atoms with van der Waals surface area (Å²) in [4.78, 5) is 19.1. The Bertz CT molecular complexity index is 1060. The first-order valence-electron chi connectivity index (χ1n) is 10.5. The number of carbonyl (C=O) groups excluding carboxylic acids is 1. The molecule has 0 aliphatic carbocycles. The summed E-state index contributed by atoms with van der Waals surface area (Å²) in [5.74, 6) is 2.04. The van der Waals surface area contributed by atoms with Crippen LogP contribution in [0.3, 0.4) is 0 Å². The number of amides is 1. The minimum atomic E-state index is -0.122. The number of carbonyl (C=O) groups is 1. The van der Waals surface area contributed by atoms with Gasteiger partial charge in [-0.05, 0) is 49.2 Å². The molecule has 31 heavy (non-hydrogen) atoms. The number of aromatic nitrogens is 3. The Labute approximate surface area is 180 Å². The Hall–Kier alpha value is -3.68. The van der Waals surface area contributed by atoms with E-state index in [-0.39, 0.29) is 11.8 Å². The van der Waals surface area contributed by atoms with Crippen LogP contribution in [0.4, 0.5) is 11.5 Å². The predicted octanol–water partition coefficient (Wildman–Crippen LogP) is 3.16. The molecule has 1 amide bonds. The number of rotatable bonds is 4. The molecule has 2 aliphatic heterocycles. The van der Waals surface area contributed by atoms with Gasteiger partial charge in [0.1, 0.15) is 13.2 Å². The third kappa shape index (κ3) is 4.28. The number of piperidine rings is 1. The second kappa shape index (κ2) is 8.59. The molecule has 3 aromatic rings. The first kappa shape index (κ1) is 19.3. The molecule has 1 saturated heterocycles. The van der Waals surface area contributed by atoms with E-state index in [1.54, 1.807) is 12.4 Å². The number of hydrogen-bond donors (Lipinski definition) is 1. The molecule has 1 unspecified atom stereocenters. The molecular formula is C23H23N5O3. The van der Waals surface area contributed by atoms with Crippen LogP contribution in [0.25, 0.3) is 11.3 Å². The molecule has 0 spiro atoms. The number of ether oxygens (including phenoxy) is 2. The van der Waals surface area contributed by atoms with Gasteiger partial charge in [0, 0.05) is 42.8 Å². The highest BCUT2D eigenvalue weighted by molar-refractivity contribution is 5.93. The van der Waals surface area contributed by atoms with E-state index in [9.17, 15) is 4.79 Å². The molecule has 8 nitrogen and oxygen atoms in total. The summed E-state index contributed by atoms with van der Waals surface area (Å²) in [6.07, 6.45) is 5.24. The maximum atomic E-state index is 12.9. The highest BCUT2D eigenvalue weighted by Crippen LogP contribution is 2.33. The molecule has 8 heteroatoms. The van der Waals surface area contributed by atoms with E-state index in [1.165, 1.54) is 0 Å². The zero-order valence-electron chi connectivity index (χ0n) is 17.0. The molecule has 5 rings (SSSR count). The maximum Gasteiger partial charge on any atom is 0.229 e. The summed E-state index contributed by atoms with van der Waals surface area (Å²) in [6, 6.07) is 13.2. The van der Waals surface area contributed by atoms with Gasteiger partial charge in [0.25, 0.3) is 0 Å². The molecular weight excluding hydrogens is 394 g/mol. The van der Waals surface area contributed by atoms with Crippen LogP contribution in [-0.4, -0.2) is 47.4 Å². The third-order valence-electron chi connectivity index (χ3n) is 5.55. The van der Waals surface area contributed by atoms with Crippen molar-refractivity contribution in [3.8, 4) is 22.8 Å². The molecule has 2 aliphatic rings. The second-order valence-electron chi connectivity index (χ2n) is 7.65. The first-order chi connectivity index (χ1) is 15.3. The lowest BCUT2D eigenvalue weighted by atomic mass is 9.97. The van der Waals surface area contributed by atoms with Crippen molar-refractivity contribution in [2.24, 2.45) is 5.92 Å². The summed E-state index contributed by atoms with van der Waals surface area (Å²) in [7, 11) is 0. The van der Waals surface area contributed by atoms with Crippen molar-refractivity contribution >= 4 is 17.4 Å². The minimum Gasteiger partial charge on any atom is -0.486 e. The van der Waals surface area contributed by atoms with Crippen molar-refractivity contribution in [2.45, 2.75) is 12.8 Å². The molecule has 0 bridgehead atoms. The molecule has 158 valence electrons. The van der Waals surface area contributed by atoms with E-state index < -0.39 is 0 Å². The molecule has 1 aromatic carbocycles. The van der Waals surface area contributed by atoms with Gasteiger partial charge in [-0.25, -0.2) is 0 Å². The number of fused-ring (bicyclic) bond motifs is 1. The summed E-state index contributed by atoms with van der Waals surface area (Å²) in [5.41, 5.74) is 2.49. The van der Waals surface area contributed by atoms with Gasteiger partial charge in [-0.1, -0.05) is 0 Å². The van der Waals surface area contributed by atoms with Crippen molar-refractivity contribution in [1.82, 2.24) is 15.2 Å². The molecule has 1 atom stereocenters. The van der Waals surface area contributed by atoms with Gasteiger partial charge >= 0.3 is 0 Å². The number of nitrogens with zero attached hydrogens (tertiary/aromatic N) is 4. The Balaban J connectivity index is 1.24. The lowest BCUT2D eigenvalue weighted by Crippen LogP contribution is -2.41. The lowest BCUT2D eigenvalue weighted by molar-refractivity contribution is -0.120. The van der Waals surface area contributed by atoms with Gasteiger partial charge in [-0.2, -0.15) is 0 Å². The van der Waals surface area contributed by atoms with Crippen molar-refractivity contribution in [1.29, 1.82) is 0 Å². The molecule has 0 radical (unpaired) electrons. The van der Waals surface area contributed by atoms with Crippen LogP contribution >= 0.6 is 0 Å². The summed E-state index contributed by atoms with van der Waals surface area (Å²) < 4.78 is 11.1. The molecule has 4 heterocycles. The monoisotopic (exact) mass is 417 g/mol. The molecule has 0 saturated carbocycles. The van der Waals surface area contributed by atoms with Crippen LogP contribution in [0.1, 0.15) is 12.8 Å². The third-order valence-corrected chi connectivity index (χ3v) is 5.55. The van der Waals surface area contributed by atoms with E-state index >= 15 is 0 Å². The van der Waals surface area contributed by atoms with Crippen LogP contribution in [0.5, 0.6) is 11.5 Å². The summed E-state index contributed by atoms with van der Waals surface area (Å²) in [5, 5.41) is 11.8. The number of hydrogen-bond acceptors (Lipinski definition) is 7. The highest BCUT2D eigenvalue weighted by atomic mass is 16.6. The van der Waals surface area contributed by atoms with E-state index in [2.05, 4.69) is 25.4 Å². The summed E-state index contributed by atoms with van der Waals surface area (Å²) >= 11 is 0. The fraction of sp³-hybridized carbons (Fsp3) is 0.304. The van der Waals surface area contributed by atoms with Crippen LogP contribution < -0.4 is 19.7 Å². The van der Waals surface area contributed by atoms with Crippen LogP contribution in [-0.2, 0) is 4.79 Å². The Morgan fingerprint density at radius 3 is 2.65 bits per heavy atom. The molecule has 1 N–H and O–H groups in total. The second-order valence-corrected chi connectivity index (χ2v) is 7.65. The maximum absolute atomic E-state index is 12.9. The van der Waals surface area contributed by atoms with Gasteiger partial charge in [-0.15, -0.1) is 10.2 Å². The van der Waals surface area contributed by atoms with Crippen molar-refractivity contribution in [3.63, 3.8) is 0 Å². The molecule has 1 fully saturated rings. The van der Waals surface area contributed by atoms with Crippen LogP contribution in [0.2, 0.25) is 0 Å². The quantitative estimate of drug-likeness (QED) is 0.697. The van der Waals surface area contributed by atoms with E-state index in [4.69, 9.17) is 9.47 Å². The Kier molecular flexibility index (Phi) is 5.35. The highest BCUT2D eigenvalue weighted by Gasteiger charge is 2.27. The number of nitrogens with one attached hydrogen (secondary N) is 1. The zero-order valence-corrected chi connectivity index (χ0v) is 17.0. The SMILES string of the molecule is O=C(Nc1ccc2c(c1)OCCO2)C1CCCN(c2ccc(-c3ccncc3)nn2)C1. The van der Waals surface area contributed by atoms with Gasteiger partial charge < -0.3 is 19.7 Å². The van der Waals surface area contributed by atoms with Crippen LogP contribution in [0, 0.1) is 5.92 Å². The number of pyridine rings is 1. The lowest BCUT2D eigenvalue weighted by Gasteiger charge is -2.32. The zero-order chi connectivity index (χ0) is 21.0. The van der Waals surface area contributed by atoms with Gasteiger partial charge in [0.2, 0.25) is 5.91 Å². The van der Waals surface area contributed by atoms with E-state index in [0.29, 0.717) is 36.9 Å². The number of anilines is 2. The largest absolute Gasteiger partial charge is 0.486 e. The average molecular weight is 417 g/mol. The van der Waals surface area contributed by atoms with E-state index in [1.807, 2.05) is 42.5 Å². The predicted molar refractivity (Wildman–Crippen MR) is 116 cm³/mol. The van der Waals surface area contributed by atoms with Gasteiger partial charge in [0.05, 0.1) is 11.6 Å². The smallest absolute Gasteiger partial charge is 0.229 e. The minimum absolute atomic E-state index is 0.00254. The van der Waals surface area contributed by atoms with Crippen molar-refractivity contribution in [3.05, 3.63) is 54.9 Å². The van der Waals surface area contributed by atoms with Gasteiger partial charge in [0.15, 0.2) is 17.3 Å². The molecule has 2 aromatic heterocycles. The fourth-order valence-corrected chi connectivity index (χ4v) is 3.94. The van der Waals surface area contributed by atoms with Crippen molar-refractivity contribution < 1.29 is 14.3 Å². The topological polar surface area (TPSA) is 89.5 Å². The van der Waals surface area contributed by atoms with E-state index in [0.717, 1.165) is 36.5 Å². The van der Waals surface area contributed by atoms with Gasteiger partial charge in [-0.3, -0.25) is 9.78 Å². The summed E-state index contributed by atoms with van der Waals surface area (Å²) in [6.45, 7) is 2.53. The fourth-order valence-electron chi connectivity index (χ4n) is 3.94. The average Bonchev–Trinajstić information content (AvgIpc) is 2.85. The number of benzene rings is 1. The first-order valence-corrected chi connectivity index (χ1v) is 10.5. The van der Waals surface area contributed by atoms with Crippen molar-refractivity contribution in [2.75, 3.05) is 36.5 Å². The normalized spacial score (nSPS) is 17.8.